The van der Waals surface area contributed by atoms with Crippen molar-refractivity contribution in [3.63, 3.8) is 0 Å². The molecular formula is C17H23N3O2S. The van der Waals surface area contributed by atoms with Gasteiger partial charge in [-0.05, 0) is 13.3 Å². The molecule has 0 aliphatic carbocycles. The van der Waals surface area contributed by atoms with Crippen LogP contribution in [-0.4, -0.2) is 47.3 Å². The third-order valence-electron chi connectivity index (χ3n) is 3.46. The summed E-state index contributed by atoms with van der Waals surface area (Å²) < 4.78 is 0. The van der Waals surface area contributed by atoms with Gasteiger partial charge in [-0.3, -0.25) is 0 Å². The normalized spacial score (nSPS) is 12.0. The van der Waals surface area contributed by atoms with Crippen molar-refractivity contribution in [1.82, 2.24) is 15.2 Å². The number of hydrogen-bond acceptors (Lipinski definition) is 4. The predicted octanol–water partition coefficient (Wildman–Crippen LogP) is 2.76. The van der Waals surface area contributed by atoms with Crippen LogP contribution in [0, 0.1) is 0 Å². The molecule has 2 N–H and O–H groups in total. The van der Waals surface area contributed by atoms with E-state index >= 15 is 0 Å². The van der Waals surface area contributed by atoms with Gasteiger partial charge in [0.05, 0.1) is 11.8 Å². The highest BCUT2D eigenvalue weighted by molar-refractivity contribution is 7.13. The van der Waals surface area contributed by atoms with Gasteiger partial charge in [0.1, 0.15) is 5.01 Å². The van der Waals surface area contributed by atoms with Crippen molar-refractivity contribution in [3.8, 4) is 10.6 Å². The van der Waals surface area contributed by atoms with Crippen LogP contribution in [0.3, 0.4) is 0 Å². The number of thiazole rings is 1. The second-order valence-electron chi connectivity index (χ2n) is 5.55. The molecule has 23 heavy (non-hydrogen) atoms. The van der Waals surface area contributed by atoms with Crippen LogP contribution in [0.4, 0.5) is 4.79 Å². The molecule has 1 aromatic heterocycles. The monoisotopic (exact) mass is 333 g/mol. The Morgan fingerprint density at radius 3 is 2.83 bits per heavy atom. The molecule has 124 valence electrons. The Balaban J connectivity index is 1.76. The quantitative estimate of drug-likeness (QED) is 0.819. The molecule has 0 aliphatic heterocycles. The van der Waals surface area contributed by atoms with Gasteiger partial charge in [-0.15, -0.1) is 11.3 Å². The summed E-state index contributed by atoms with van der Waals surface area (Å²) in [5.74, 6) is 0. The highest BCUT2D eigenvalue weighted by Gasteiger charge is 2.09. The Bertz CT molecular complexity index is 613. The molecule has 1 atom stereocenters. The molecule has 0 spiro atoms. The molecule has 2 rings (SSSR count). The summed E-state index contributed by atoms with van der Waals surface area (Å²) in [6.45, 7) is 2.81. The number of hydrogen-bond donors (Lipinski definition) is 2. The lowest BCUT2D eigenvalue weighted by atomic mass is 10.2. The molecule has 0 aliphatic rings. The number of benzene rings is 1. The topological polar surface area (TPSA) is 65.5 Å². The lowest BCUT2D eigenvalue weighted by Gasteiger charge is -2.18. The van der Waals surface area contributed by atoms with Crippen molar-refractivity contribution >= 4 is 17.4 Å². The molecular weight excluding hydrogens is 310 g/mol. The van der Waals surface area contributed by atoms with E-state index in [1.807, 2.05) is 35.7 Å². The third-order valence-corrected chi connectivity index (χ3v) is 4.40. The maximum absolute atomic E-state index is 11.9. The molecule has 2 aromatic rings. The van der Waals surface area contributed by atoms with Crippen LogP contribution in [-0.2, 0) is 6.42 Å². The molecule has 5 nitrogen and oxygen atoms in total. The largest absolute Gasteiger partial charge is 0.393 e. The number of rotatable bonds is 7. The molecule has 0 saturated carbocycles. The third kappa shape index (κ3) is 5.65. The fourth-order valence-corrected chi connectivity index (χ4v) is 2.91. The molecule has 6 heteroatoms. The average Bonchev–Trinajstić information content (AvgIpc) is 3.02. The second kappa shape index (κ2) is 8.64. The van der Waals surface area contributed by atoms with Crippen molar-refractivity contribution < 1.29 is 9.90 Å². The van der Waals surface area contributed by atoms with Gasteiger partial charge in [-0.1, -0.05) is 30.3 Å². The van der Waals surface area contributed by atoms with Crippen molar-refractivity contribution in [2.45, 2.75) is 25.9 Å². The summed E-state index contributed by atoms with van der Waals surface area (Å²) in [6.07, 6.45) is 0.895. The molecule has 1 heterocycles. The van der Waals surface area contributed by atoms with Gasteiger partial charge in [0.2, 0.25) is 0 Å². The van der Waals surface area contributed by atoms with Crippen LogP contribution in [0.15, 0.2) is 35.7 Å². The number of aliphatic hydroxyl groups is 1. The van der Waals surface area contributed by atoms with E-state index in [2.05, 4.69) is 10.3 Å². The van der Waals surface area contributed by atoms with E-state index in [9.17, 15) is 9.90 Å². The summed E-state index contributed by atoms with van der Waals surface area (Å²) >= 11 is 1.62. The van der Waals surface area contributed by atoms with E-state index in [-0.39, 0.29) is 6.03 Å². The smallest absolute Gasteiger partial charge is 0.317 e. The van der Waals surface area contributed by atoms with E-state index in [0.717, 1.165) is 16.3 Å². The van der Waals surface area contributed by atoms with Crippen LogP contribution in [0.5, 0.6) is 0 Å². The van der Waals surface area contributed by atoms with Gasteiger partial charge in [0.25, 0.3) is 0 Å². The fourth-order valence-electron chi connectivity index (χ4n) is 2.05. The minimum atomic E-state index is -0.392. The van der Waals surface area contributed by atoms with E-state index < -0.39 is 6.10 Å². The van der Waals surface area contributed by atoms with Crippen LogP contribution in [0.25, 0.3) is 10.6 Å². The number of nitrogens with one attached hydrogen (secondary N) is 1. The number of urea groups is 1. The highest BCUT2D eigenvalue weighted by atomic mass is 32.1. The van der Waals surface area contributed by atoms with Crippen molar-refractivity contribution in [2.75, 3.05) is 20.1 Å². The van der Waals surface area contributed by atoms with Gasteiger partial charge in [-0.25, -0.2) is 9.78 Å². The SMILES string of the molecule is CC(O)CCN(C)C(=O)NCCc1csc(-c2ccccc2)n1. The average molecular weight is 333 g/mol. The Kier molecular flexibility index (Phi) is 6.55. The summed E-state index contributed by atoms with van der Waals surface area (Å²) in [7, 11) is 1.73. The molecule has 0 radical (unpaired) electrons. The lowest BCUT2D eigenvalue weighted by Crippen LogP contribution is -2.39. The van der Waals surface area contributed by atoms with Crippen molar-refractivity contribution in [1.29, 1.82) is 0 Å². The lowest BCUT2D eigenvalue weighted by molar-refractivity contribution is 0.163. The van der Waals surface area contributed by atoms with E-state index in [1.54, 1.807) is 30.2 Å². The standard InChI is InChI=1S/C17H23N3O2S/c1-13(21)9-11-20(2)17(22)18-10-8-15-12-23-16(19-15)14-6-4-3-5-7-14/h3-7,12-13,21H,8-11H2,1-2H3,(H,18,22). The van der Waals surface area contributed by atoms with Crippen LogP contribution < -0.4 is 5.32 Å². The molecule has 0 bridgehead atoms. The number of carbonyl (C=O) groups is 1. The summed E-state index contributed by atoms with van der Waals surface area (Å²) in [5, 5.41) is 15.1. The first-order chi connectivity index (χ1) is 11.1. The van der Waals surface area contributed by atoms with Crippen LogP contribution in [0.1, 0.15) is 19.0 Å². The number of carbonyl (C=O) groups excluding carboxylic acids is 1. The Labute approximate surface area is 141 Å². The molecule has 1 aromatic carbocycles. The molecule has 1 unspecified atom stereocenters. The number of nitrogens with zero attached hydrogens (tertiary/aromatic N) is 2. The fraction of sp³-hybridized carbons (Fsp3) is 0.412. The first-order valence-electron chi connectivity index (χ1n) is 7.73. The predicted molar refractivity (Wildman–Crippen MR) is 93.6 cm³/mol. The number of aliphatic hydroxyl groups excluding tert-OH is 1. The van der Waals surface area contributed by atoms with Gasteiger partial charge in [0, 0.05) is 37.5 Å². The molecule has 0 saturated heterocycles. The van der Waals surface area contributed by atoms with Gasteiger partial charge in [0.15, 0.2) is 0 Å². The maximum atomic E-state index is 11.9. The summed E-state index contributed by atoms with van der Waals surface area (Å²) in [6, 6.07) is 9.95. The summed E-state index contributed by atoms with van der Waals surface area (Å²) in [4.78, 5) is 18.1. The first-order valence-corrected chi connectivity index (χ1v) is 8.61. The number of aromatic nitrogens is 1. The zero-order chi connectivity index (χ0) is 16.7. The molecule has 2 amide bonds. The van der Waals surface area contributed by atoms with Gasteiger partial charge >= 0.3 is 6.03 Å². The molecule has 0 fully saturated rings. The zero-order valence-electron chi connectivity index (χ0n) is 13.5. The van der Waals surface area contributed by atoms with E-state index in [4.69, 9.17) is 0 Å². The minimum Gasteiger partial charge on any atom is -0.393 e. The first kappa shape index (κ1) is 17.4. The van der Waals surface area contributed by atoms with E-state index in [0.29, 0.717) is 25.9 Å². The minimum absolute atomic E-state index is 0.121. The van der Waals surface area contributed by atoms with Crippen molar-refractivity contribution in [3.05, 3.63) is 41.4 Å². The highest BCUT2D eigenvalue weighted by Crippen LogP contribution is 2.23. The van der Waals surface area contributed by atoms with Crippen LogP contribution >= 0.6 is 11.3 Å². The van der Waals surface area contributed by atoms with Gasteiger partial charge < -0.3 is 15.3 Å². The van der Waals surface area contributed by atoms with Crippen molar-refractivity contribution in [2.24, 2.45) is 0 Å². The Morgan fingerprint density at radius 2 is 2.13 bits per heavy atom. The zero-order valence-corrected chi connectivity index (χ0v) is 14.3. The van der Waals surface area contributed by atoms with E-state index in [1.165, 1.54) is 0 Å². The second-order valence-corrected chi connectivity index (χ2v) is 6.41. The van der Waals surface area contributed by atoms with Crippen LogP contribution in [0.2, 0.25) is 0 Å². The number of amides is 2. The Morgan fingerprint density at radius 1 is 1.39 bits per heavy atom. The van der Waals surface area contributed by atoms with Gasteiger partial charge in [-0.2, -0.15) is 0 Å². The summed E-state index contributed by atoms with van der Waals surface area (Å²) in [5.41, 5.74) is 2.10. The Hall–Kier alpha value is -1.92. The maximum Gasteiger partial charge on any atom is 0.317 e.